The van der Waals surface area contributed by atoms with E-state index in [0.717, 1.165) is 17.7 Å². The van der Waals surface area contributed by atoms with E-state index < -0.39 is 11.2 Å². The zero-order valence-electron chi connectivity index (χ0n) is 7.70. The van der Waals surface area contributed by atoms with Crippen molar-refractivity contribution in [1.29, 1.82) is 0 Å². The molecule has 0 spiro atoms. The molecule has 0 bridgehead atoms. The minimum Gasteiger partial charge on any atom is -0.382 e. The monoisotopic (exact) mass is 199 g/mol. The normalized spacial score (nSPS) is 28.8. The summed E-state index contributed by atoms with van der Waals surface area (Å²) in [5.74, 6) is 0.333. The third-order valence-electron chi connectivity index (χ3n) is 1.64. The molecule has 72 valence electrons. The molecule has 1 atom stereocenters. The zero-order valence-corrected chi connectivity index (χ0v) is 8.52. The standard InChI is InChI=1S/C8H13N3OS/c1-3-5-7-6(4-2)8(9)11-13(12)10-7/h4-5,10H,3H2,1-2H3,(H2,9,11)/b6-4+,7-5+. The average Bonchev–Trinajstić information content (AvgIpc) is 2.04. The number of amidine groups is 1. The molecular weight excluding hydrogens is 186 g/mol. The Balaban J connectivity index is 3.08. The molecule has 13 heavy (non-hydrogen) atoms. The summed E-state index contributed by atoms with van der Waals surface area (Å²) < 4.78 is 17.5. The van der Waals surface area contributed by atoms with Gasteiger partial charge in [0.05, 0.1) is 5.70 Å². The molecule has 1 aliphatic rings. The topological polar surface area (TPSA) is 67.5 Å². The lowest BCUT2D eigenvalue weighted by molar-refractivity contribution is 0.679. The smallest absolute Gasteiger partial charge is 0.244 e. The molecule has 3 N–H and O–H groups in total. The van der Waals surface area contributed by atoms with Gasteiger partial charge in [0.1, 0.15) is 5.84 Å². The van der Waals surface area contributed by atoms with E-state index in [2.05, 4.69) is 9.12 Å². The van der Waals surface area contributed by atoms with Gasteiger partial charge in [-0.3, -0.25) is 4.72 Å². The minimum absolute atomic E-state index is 0.333. The van der Waals surface area contributed by atoms with Crippen LogP contribution in [0.3, 0.4) is 0 Å². The first-order valence-electron chi connectivity index (χ1n) is 4.09. The maximum atomic E-state index is 11.1. The van der Waals surface area contributed by atoms with E-state index in [1.807, 2.05) is 26.0 Å². The number of nitrogens with two attached hydrogens (primary N) is 1. The van der Waals surface area contributed by atoms with Crippen LogP contribution in [0.5, 0.6) is 0 Å². The van der Waals surface area contributed by atoms with Gasteiger partial charge in [0.15, 0.2) is 0 Å². The molecule has 0 saturated heterocycles. The predicted octanol–water partition coefficient (Wildman–Crippen LogP) is 0.766. The molecule has 0 aliphatic carbocycles. The second kappa shape index (κ2) is 4.23. The summed E-state index contributed by atoms with van der Waals surface area (Å²) >= 11 is -1.42. The zero-order chi connectivity index (χ0) is 9.84. The molecule has 0 amide bonds. The van der Waals surface area contributed by atoms with Gasteiger partial charge >= 0.3 is 0 Å². The van der Waals surface area contributed by atoms with Crippen molar-refractivity contribution < 1.29 is 4.21 Å². The van der Waals surface area contributed by atoms with Gasteiger partial charge in [0.2, 0.25) is 11.2 Å². The van der Waals surface area contributed by atoms with Crippen LogP contribution >= 0.6 is 0 Å². The number of hydrogen-bond acceptors (Lipinski definition) is 2. The molecule has 1 unspecified atom stereocenters. The highest BCUT2D eigenvalue weighted by atomic mass is 32.2. The summed E-state index contributed by atoms with van der Waals surface area (Å²) in [5.41, 5.74) is 7.23. The Morgan fingerprint density at radius 2 is 2.38 bits per heavy atom. The Hall–Kier alpha value is -1.10. The first kappa shape index (κ1) is 9.98. The number of nitrogens with one attached hydrogen (secondary N) is 1. The van der Waals surface area contributed by atoms with E-state index in [4.69, 9.17) is 5.73 Å². The van der Waals surface area contributed by atoms with Crippen LogP contribution in [-0.4, -0.2) is 10.0 Å². The maximum absolute atomic E-state index is 11.1. The Morgan fingerprint density at radius 1 is 1.69 bits per heavy atom. The van der Waals surface area contributed by atoms with Crippen LogP contribution in [0.1, 0.15) is 20.3 Å². The number of nitrogens with zero attached hydrogens (tertiary/aromatic N) is 1. The Labute approximate surface area is 80.3 Å². The van der Waals surface area contributed by atoms with Crippen molar-refractivity contribution in [3.8, 4) is 0 Å². The largest absolute Gasteiger partial charge is 0.382 e. The molecule has 0 aromatic heterocycles. The Kier molecular flexibility index (Phi) is 3.25. The summed E-state index contributed by atoms with van der Waals surface area (Å²) in [7, 11) is 0. The van der Waals surface area contributed by atoms with Gasteiger partial charge in [-0.15, -0.1) is 0 Å². The van der Waals surface area contributed by atoms with E-state index in [-0.39, 0.29) is 0 Å². The van der Waals surface area contributed by atoms with Gasteiger partial charge in [0, 0.05) is 5.57 Å². The second-order valence-electron chi connectivity index (χ2n) is 2.56. The Morgan fingerprint density at radius 3 is 2.92 bits per heavy atom. The lowest BCUT2D eigenvalue weighted by Gasteiger charge is -2.16. The number of allylic oxidation sites excluding steroid dienone is 2. The highest BCUT2D eigenvalue weighted by Crippen LogP contribution is 2.13. The SMILES string of the molecule is C/C=C1/C(N)=NS(=O)N/C1=C/CC. The molecule has 1 aliphatic heterocycles. The van der Waals surface area contributed by atoms with E-state index in [1.165, 1.54) is 0 Å². The molecule has 0 aromatic rings. The van der Waals surface area contributed by atoms with Gasteiger partial charge in [-0.1, -0.05) is 19.1 Å². The van der Waals surface area contributed by atoms with Crippen LogP contribution in [0.25, 0.3) is 0 Å². The molecule has 0 fully saturated rings. The van der Waals surface area contributed by atoms with Gasteiger partial charge in [-0.05, 0) is 13.3 Å². The van der Waals surface area contributed by atoms with Crippen LogP contribution in [0.2, 0.25) is 0 Å². The highest BCUT2D eigenvalue weighted by Gasteiger charge is 2.16. The van der Waals surface area contributed by atoms with E-state index in [9.17, 15) is 4.21 Å². The van der Waals surface area contributed by atoms with Crippen LogP contribution < -0.4 is 10.5 Å². The summed E-state index contributed by atoms with van der Waals surface area (Å²) in [6, 6.07) is 0. The third-order valence-corrected chi connectivity index (χ3v) is 2.40. The predicted molar refractivity (Wildman–Crippen MR) is 55.0 cm³/mol. The fourth-order valence-corrected chi connectivity index (χ4v) is 1.81. The van der Waals surface area contributed by atoms with Crippen LogP contribution in [0.15, 0.2) is 27.8 Å². The van der Waals surface area contributed by atoms with Gasteiger partial charge < -0.3 is 5.73 Å². The summed E-state index contributed by atoms with van der Waals surface area (Å²) in [4.78, 5) is 0. The molecule has 1 rings (SSSR count). The number of hydrogen-bond donors (Lipinski definition) is 2. The van der Waals surface area contributed by atoms with Crippen molar-refractivity contribution in [1.82, 2.24) is 4.72 Å². The Bertz CT molecular complexity index is 317. The van der Waals surface area contributed by atoms with Gasteiger partial charge in [0.25, 0.3) is 0 Å². The van der Waals surface area contributed by atoms with Crippen molar-refractivity contribution in [2.75, 3.05) is 0 Å². The third kappa shape index (κ3) is 2.18. The van der Waals surface area contributed by atoms with Crippen molar-refractivity contribution in [2.45, 2.75) is 20.3 Å². The van der Waals surface area contributed by atoms with E-state index >= 15 is 0 Å². The molecule has 1 heterocycles. The molecule has 4 nitrogen and oxygen atoms in total. The second-order valence-corrected chi connectivity index (χ2v) is 3.44. The lowest BCUT2D eigenvalue weighted by Crippen LogP contribution is -2.31. The highest BCUT2D eigenvalue weighted by molar-refractivity contribution is 7.82. The first-order valence-corrected chi connectivity index (χ1v) is 5.19. The van der Waals surface area contributed by atoms with Crippen molar-refractivity contribution >= 4 is 17.0 Å². The first-order chi connectivity index (χ1) is 6.19. The lowest BCUT2D eigenvalue weighted by atomic mass is 10.1. The summed E-state index contributed by atoms with van der Waals surface area (Å²) in [6.45, 7) is 3.88. The fraction of sp³-hybridized carbons (Fsp3) is 0.375. The van der Waals surface area contributed by atoms with Gasteiger partial charge in [-0.2, -0.15) is 4.40 Å². The molecular formula is C8H13N3OS. The maximum Gasteiger partial charge on any atom is 0.244 e. The summed E-state index contributed by atoms with van der Waals surface area (Å²) in [5, 5.41) is 0. The minimum atomic E-state index is -1.42. The van der Waals surface area contributed by atoms with Crippen molar-refractivity contribution in [3.05, 3.63) is 23.4 Å². The van der Waals surface area contributed by atoms with Crippen LogP contribution in [0.4, 0.5) is 0 Å². The fourth-order valence-electron chi connectivity index (χ4n) is 1.11. The molecule has 0 saturated carbocycles. The average molecular weight is 199 g/mol. The van der Waals surface area contributed by atoms with E-state index in [0.29, 0.717) is 5.84 Å². The quantitative estimate of drug-likeness (QED) is 0.655. The molecule has 5 heteroatoms. The van der Waals surface area contributed by atoms with Crippen LogP contribution in [-0.2, 0) is 11.2 Å². The van der Waals surface area contributed by atoms with Crippen molar-refractivity contribution in [3.63, 3.8) is 0 Å². The molecule has 0 radical (unpaired) electrons. The molecule has 0 aromatic carbocycles. The van der Waals surface area contributed by atoms with Crippen LogP contribution in [0, 0.1) is 0 Å². The van der Waals surface area contributed by atoms with Gasteiger partial charge in [-0.25, -0.2) is 4.21 Å². The summed E-state index contributed by atoms with van der Waals surface area (Å²) in [6.07, 6.45) is 4.66. The van der Waals surface area contributed by atoms with E-state index in [1.54, 1.807) is 0 Å². The number of rotatable bonds is 1. The van der Waals surface area contributed by atoms with Crippen molar-refractivity contribution in [2.24, 2.45) is 10.1 Å².